The molecule has 3 aliphatic rings. The molecule has 12 rings (SSSR count). The van der Waals surface area contributed by atoms with Crippen LogP contribution in [0.4, 0.5) is 0 Å². The van der Waals surface area contributed by atoms with Gasteiger partial charge in [-0.05, 0) is 147 Å². The van der Waals surface area contributed by atoms with E-state index in [0.29, 0.717) is 0 Å². The van der Waals surface area contributed by atoms with E-state index in [4.69, 9.17) is 0 Å². The lowest BCUT2D eigenvalue weighted by atomic mass is 9.78. The van der Waals surface area contributed by atoms with Crippen LogP contribution in [-0.4, -0.2) is 6.04 Å². The van der Waals surface area contributed by atoms with Crippen LogP contribution in [0.1, 0.15) is 24.0 Å². The molecule has 2 aliphatic carbocycles. The van der Waals surface area contributed by atoms with Gasteiger partial charge in [0.25, 0.3) is 0 Å². The van der Waals surface area contributed by atoms with E-state index >= 15 is 0 Å². The fourth-order valence-electron chi connectivity index (χ4n) is 10.5. The summed E-state index contributed by atoms with van der Waals surface area (Å²) in [4.78, 5) is 0. The van der Waals surface area contributed by atoms with Gasteiger partial charge in [-0.1, -0.05) is 225 Å². The molecule has 1 aliphatic heterocycles. The van der Waals surface area contributed by atoms with Crippen molar-refractivity contribution in [2.24, 2.45) is 0 Å². The number of hydrogen-bond donors (Lipinski definition) is 1. The van der Waals surface area contributed by atoms with E-state index in [-0.39, 0.29) is 6.04 Å². The van der Waals surface area contributed by atoms with Gasteiger partial charge in [0.15, 0.2) is 0 Å². The zero-order valence-electron chi connectivity index (χ0n) is 36.7. The van der Waals surface area contributed by atoms with Gasteiger partial charge in [-0.15, -0.1) is 0 Å². The predicted molar refractivity (Wildman–Crippen MR) is 282 cm³/mol. The zero-order chi connectivity index (χ0) is 43.8. The van der Waals surface area contributed by atoms with E-state index < -0.39 is 0 Å². The van der Waals surface area contributed by atoms with Crippen molar-refractivity contribution in [2.75, 3.05) is 0 Å². The third-order valence-corrected chi connectivity index (χ3v) is 13.5. The summed E-state index contributed by atoms with van der Waals surface area (Å²) in [5, 5.41) is 8.58. The van der Waals surface area contributed by atoms with Crippen molar-refractivity contribution in [2.45, 2.75) is 18.9 Å². The molecule has 1 N–H and O–H groups in total. The number of dihydropyridines is 1. The van der Waals surface area contributed by atoms with Gasteiger partial charge in [0.1, 0.15) is 0 Å². The second-order valence-corrected chi connectivity index (χ2v) is 17.5. The molecule has 9 aromatic carbocycles. The smallest absolute Gasteiger partial charge is 0.0696 e. The Labute approximate surface area is 387 Å². The Morgan fingerprint density at radius 2 is 0.879 bits per heavy atom. The summed E-state index contributed by atoms with van der Waals surface area (Å²) >= 11 is 0. The van der Waals surface area contributed by atoms with Crippen LogP contribution in [0.5, 0.6) is 0 Å². The highest BCUT2D eigenvalue weighted by atomic mass is 14.9. The van der Waals surface area contributed by atoms with Crippen molar-refractivity contribution in [3.05, 3.63) is 266 Å². The fraction of sp³-hybridized carbons (Fsp3) is 0.0462. The first-order valence-corrected chi connectivity index (χ1v) is 23.2. The summed E-state index contributed by atoms with van der Waals surface area (Å²) in [5.41, 5.74) is 20.9. The molecular formula is C65H47N. The Morgan fingerprint density at radius 1 is 0.364 bits per heavy atom. The molecule has 66 heavy (non-hydrogen) atoms. The van der Waals surface area contributed by atoms with Crippen molar-refractivity contribution in [1.29, 1.82) is 0 Å². The van der Waals surface area contributed by atoms with E-state index in [0.717, 1.165) is 12.8 Å². The molecule has 1 heteroatoms. The van der Waals surface area contributed by atoms with E-state index in [1.54, 1.807) is 0 Å². The lowest BCUT2D eigenvalue weighted by Crippen LogP contribution is -2.27. The van der Waals surface area contributed by atoms with Crippen LogP contribution in [0.3, 0.4) is 0 Å². The maximum Gasteiger partial charge on any atom is 0.0696 e. The first kappa shape index (κ1) is 39.3. The van der Waals surface area contributed by atoms with Gasteiger partial charge in [0.05, 0.1) is 6.04 Å². The largest absolute Gasteiger partial charge is 0.380 e. The van der Waals surface area contributed by atoms with E-state index in [9.17, 15) is 0 Å². The quantitative estimate of drug-likeness (QED) is 0.150. The Bertz CT molecular complexity index is 3450. The molecule has 1 unspecified atom stereocenters. The molecule has 1 heterocycles. The van der Waals surface area contributed by atoms with Crippen LogP contribution in [0.25, 0.3) is 99.5 Å². The van der Waals surface area contributed by atoms with Crippen LogP contribution >= 0.6 is 0 Å². The monoisotopic (exact) mass is 841 g/mol. The number of hydrogen-bond acceptors (Lipinski definition) is 1. The van der Waals surface area contributed by atoms with Gasteiger partial charge in [0.2, 0.25) is 0 Å². The topological polar surface area (TPSA) is 12.0 Å². The molecule has 0 amide bonds. The fourth-order valence-corrected chi connectivity index (χ4v) is 10.5. The summed E-state index contributed by atoms with van der Waals surface area (Å²) in [6.45, 7) is 0. The van der Waals surface area contributed by atoms with Crippen molar-refractivity contribution < 1.29 is 0 Å². The standard InChI is InChI=1S/C65H47N/c1-5-20-44(21-6-1)58-42-59(64(47-24-9-3-10-25-47)65(48-26-11-4-12-27-48)63(58)46-22-7-2-8-23-46)45-36-38-49(39-37-45)61-54-31-14-16-33-56(54)62(57-34-17-15-32-55(57)61)52-30-19-29-50(40-52)53-41-51-28-13-18-35-60(51)66-43-53/h2-5,7-43,60,66H,1,6H2. The van der Waals surface area contributed by atoms with Crippen molar-refractivity contribution in [3.63, 3.8) is 0 Å². The highest BCUT2D eigenvalue weighted by Crippen LogP contribution is 2.50. The SMILES string of the molecule is C1=CC2=CC(c3cccc(-c4c5ccccc5c(-c5ccc(-c6cc(C7=CCCC=C7)c(-c7ccccc7)c(-c7ccccc7)c6-c6ccccc6)cc5)c5ccccc45)c3)=CNC2C=C1. The first-order valence-electron chi connectivity index (χ1n) is 23.2. The minimum absolute atomic E-state index is 0.225. The molecule has 0 saturated heterocycles. The zero-order valence-corrected chi connectivity index (χ0v) is 36.7. The maximum absolute atomic E-state index is 3.60. The first-order chi connectivity index (χ1) is 32.8. The second-order valence-electron chi connectivity index (χ2n) is 17.5. The average Bonchev–Trinajstić information content (AvgIpc) is 3.40. The molecule has 0 fully saturated rings. The van der Waals surface area contributed by atoms with Crippen LogP contribution in [-0.2, 0) is 0 Å². The van der Waals surface area contributed by atoms with Crippen LogP contribution in [0.15, 0.2) is 255 Å². The summed E-state index contributed by atoms with van der Waals surface area (Å²) < 4.78 is 0. The van der Waals surface area contributed by atoms with E-state index in [1.165, 1.54) is 116 Å². The number of nitrogens with one attached hydrogen (secondary N) is 1. The Balaban J connectivity index is 1.05. The van der Waals surface area contributed by atoms with E-state index in [2.05, 4.69) is 254 Å². The number of allylic oxidation sites excluding steroid dienone is 8. The highest BCUT2D eigenvalue weighted by molar-refractivity contribution is 6.21. The molecule has 1 atom stereocenters. The van der Waals surface area contributed by atoms with Gasteiger partial charge in [0, 0.05) is 6.20 Å². The molecule has 0 saturated carbocycles. The minimum atomic E-state index is 0.225. The van der Waals surface area contributed by atoms with Crippen molar-refractivity contribution in [3.8, 4) is 66.8 Å². The van der Waals surface area contributed by atoms with Gasteiger partial charge >= 0.3 is 0 Å². The predicted octanol–water partition coefficient (Wildman–Crippen LogP) is 17.1. The lowest BCUT2D eigenvalue weighted by Gasteiger charge is -2.25. The summed E-state index contributed by atoms with van der Waals surface area (Å²) in [6.07, 6.45) is 22.3. The van der Waals surface area contributed by atoms with Crippen LogP contribution in [0.2, 0.25) is 0 Å². The summed E-state index contributed by atoms with van der Waals surface area (Å²) in [5.74, 6) is 0. The normalized spacial score (nSPS) is 15.2. The Hall–Kier alpha value is -8.26. The summed E-state index contributed by atoms with van der Waals surface area (Å²) in [6, 6.07) is 72.1. The third kappa shape index (κ3) is 7.07. The summed E-state index contributed by atoms with van der Waals surface area (Å²) in [7, 11) is 0. The van der Waals surface area contributed by atoms with Crippen molar-refractivity contribution >= 4 is 32.7 Å². The van der Waals surface area contributed by atoms with Gasteiger partial charge in [-0.25, -0.2) is 0 Å². The number of benzene rings is 9. The van der Waals surface area contributed by atoms with Crippen LogP contribution < -0.4 is 5.32 Å². The molecule has 0 radical (unpaired) electrons. The molecular weight excluding hydrogens is 795 g/mol. The Kier molecular flexibility index (Phi) is 10.2. The molecule has 0 spiro atoms. The van der Waals surface area contributed by atoms with E-state index in [1.807, 2.05) is 0 Å². The molecule has 9 aromatic rings. The average molecular weight is 842 g/mol. The Morgan fingerprint density at radius 3 is 1.48 bits per heavy atom. The van der Waals surface area contributed by atoms with Gasteiger partial charge in [-0.2, -0.15) is 0 Å². The molecule has 1 nitrogen and oxygen atoms in total. The highest BCUT2D eigenvalue weighted by Gasteiger charge is 2.25. The van der Waals surface area contributed by atoms with Gasteiger partial charge < -0.3 is 5.32 Å². The van der Waals surface area contributed by atoms with Crippen molar-refractivity contribution in [1.82, 2.24) is 5.32 Å². The number of fused-ring (bicyclic) bond motifs is 3. The molecule has 0 aromatic heterocycles. The third-order valence-electron chi connectivity index (χ3n) is 13.5. The van der Waals surface area contributed by atoms with Crippen LogP contribution in [0, 0.1) is 0 Å². The molecule has 312 valence electrons. The number of rotatable bonds is 8. The lowest BCUT2D eigenvalue weighted by molar-refractivity contribution is 0.798. The minimum Gasteiger partial charge on any atom is -0.380 e. The maximum atomic E-state index is 3.60. The van der Waals surface area contributed by atoms with Gasteiger partial charge in [-0.3, -0.25) is 0 Å². The second kappa shape index (κ2) is 17.0. The molecule has 0 bridgehead atoms.